The fraction of sp³-hybridized carbons (Fsp3) is 0.143. The van der Waals surface area contributed by atoms with Crippen molar-refractivity contribution >= 4 is 15.9 Å². The summed E-state index contributed by atoms with van der Waals surface area (Å²) in [5.41, 5.74) is -0.400. The molecule has 1 aromatic rings. The lowest BCUT2D eigenvalue weighted by Gasteiger charge is -1.99. The molecular weight excluding hydrogens is 230 g/mol. The van der Waals surface area contributed by atoms with Crippen LogP contribution >= 0.6 is 15.9 Å². The van der Waals surface area contributed by atoms with E-state index in [0.717, 1.165) is 0 Å². The molecule has 0 amide bonds. The van der Waals surface area contributed by atoms with Crippen LogP contribution in [0.4, 0.5) is 8.78 Å². The zero-order valence-corrected chi connectivity index (χ0v) is 7.35. The molecule has 0 spiro atoms. The van der Waals surface area contributed by atoms with Crippen LogP contribution in [0.25, 0.3) is 0 Å². The summed E-state index contributed by atoms with van der Waals surface area (Å²) in [6.07, 6.45) is -2.63. The minimum atomic E-state index is -2.63. The standard InChI is InChI=1S/C7H3BrF2N2/c8-4-1-2-5(7(9)10)12-6(4)3-11/h1-2,7H. The maximum atomic E-state index is 12.0. The Morgan fingerprint density at radius 1 is 1.50 bits per heavy atom. The van der Waals surface area contributed by atoms with E-state index < -0.39 is 6.43 Å². The molecule has 0 unspecified atom stereocenters. The van der Waals surface area contributed by atoms with Crippen molar-refractivity contribution in [1.29, 1.82) is 5.26 Å². The van der Waals surface area contributed by atoms with Crippen molar-refractivity contribution in [3.05, 3.63) is 28.0 Å². The molecular formula is C7H3BrF2N2. The summed E-state index contributed by atoms with van der Waals surface area (Å²) < 4.78 is 24.5. The van der Waals surface area contributed by atoms with Crippen LogP contribution in [0.15, 0.2) is 16.6 Å². The van der Waals surface area contributed by atoms with Gasteiger partial charge in [0.2, 0.25) is 0 Å². The van der Waals surface area contributed by atoms with Gasteiger partial charge < -0.3 is 0 Å². The summed E-state index contributed by atoms with van der Waals surface area (Å²) in [7, 11) is 0. The lowest BCUT2D eigenvalue weighted by Crippen LogP contribution is -1.93. The normalized spacial score (nSPS) is 9.92. The molecule has 1 aromatic heterocycles. The van der Waals surface area contributed by atoms with Gasteiger partial charge in [0.25, 0.3) is 6.43 Å². The van der Waals surface area contributed by atoms with Gasteiger partial charge in [0, 0.05) is 0 Å². The molecule has 0 saturated heterocycles. The van der Waals surface area contributed by atoms with E-state index >= 15 is 0 Å². The topological polar surface area (TPSA) is 36.7 Å². The Morgan fingerprint density at radius 3 is 2.67 bits per heavy atom. The van der Waals surface area contributed by atoms with Crippen molar-refractivity contribution in [2.24, 2.45) is 0 Å². The van der Waals surface area contributed by atoms with Gasteiger partial charge in [-0.25, -0.2) is 13.8 Å². The van der Waals surface area contributed by atoms with Gasteiger partial charge in [0.1, 0.15) is 11.8 Å². The van der Waals surface area contributed by atoms with Crippen LogP contribution in [-0.4, -0.2) is 4.98 Å². The average Bonchev–Trinajstić information content (AvgIpc) is 2.05. The first-order valence-corrected chi connectivity index (χ1v) is 3.79. The predicted octanol–water partition coefficient (Wildman–Crippen LogP) is 2.65. The molecule has 0 atom stereocenters. The van der Waals surface area contributed by atoms with Crippen LogP contribution in [0.1, 0.15) is 17.8 Å². The number of pyridine rings is 1. The second kappa shape index (κ2) is 3.59. The molecule has 12 heavy (non-hydrogen) atoms. The molecule has 0 N–H and O–H groups in total. The molecule has 0 aliphatic rings. The number of nitriles is 1. The molecule has 62 valence electrons. The highest BCUT2D eigenvalue weighted by atomic mass is 79.9. The third-order valence-corrected chi connectivity index (χ3v) is 1.84. The van der Waals surface area contributed by atoms with Crippen molar-refractivity contribution in [3.8, 4) is 6.07 Å². The van der Waals surface area contributed by atoms with E-state index in [0.29, 0.717) is 4.47 Å². The highest BCUT2D eigenvalue weighted by Gasteiger charge is 2.10. The van der Waals surface area contributed by atoms with E-state index in [1.807, 2.05) is 0 Å². The van der Waals surface area contributed by atoms with Crippen LogP contribution in [0, 0.1) is 11.3 Å². The molecule has 1 rings (SSSR count). The van der Waals surface area contributed by atoms with Crippen molar-refractivity contribution < 1.29 is 8.78 Å². The highest BCUT2D eigenvalue weighted by molar-refractivity contribution is 9.10. The molecule has 5 heteroatoms. The molecule has 0 aliphatic heterocycles. The first kappa shape index (κ1) is 9.07. The zero-order chi connectivity index (χ0) is 9.14. The van der Waals surface area contributed by atoms with Crippen LogP contribution in [0.2, 0.25) is 0 Å². The van der Waals surface area contributed by atoms with E-state index in [4.69, 9.17) is 5.26 Å². The quantitative estimate of drug-likeness (QED) is 0.747. The monoisotopic (exact) mass is 232 g/mol. The Kier molecular flexibility index (Phi) is 2.71. The third-order valence-electron chi connectivity index (χ3n) is 1.20. The Morgan fingerprint density at radius 2 is 2.17 bits per heavy atom. The highest BCUT2D eigenvalue weighted by Crippen LogP contribution is 2.20. The number of rotatable bonds is 1. The van der Waals surface area contributed by atoms with Crippen molar-refractivity contribution in [2.75, 3.05) is 0 Å². The molecule has 2 nitrogen and oxygen atoms in total. The lowest BCUT2D eigenvalue weighted by atomic mass is 10.3. The van der Waals surface area contributed by atoms with Gasteiger partial charge in [-0.2, -0.15) is 5.26 Å². The van der Waals surface area contributed by atoms with Gasteiger partial charge in [-0.1, -0.05) is 0 Å². The Labute approximate surface area is 76.0 Å². The number of nitrogens with zero attached hydrogens (tertiary/aromatic N) is 2. The van der Waals surface area contributed by atoms with Crippen LogP contribution in [-0.2, 0) is 0 Å². The number of hydrogen-bond acceptors (Lipinski definition) is 2. The SMILES string of the molecule is N#Cc1nc(C(F)F)ccc1Br. The maximum absolute atomic E-state index is 12.0. The second-order valence-corrected chi connectivity index (χ2v) is 2.83. The summed E-state index contributed by atoms with van der Waals surface area (Å²) >= 11 is 3.01. The Hall–Kier alpha value is -1.02. The summed E-state index contributed by atoms with van der Waals surface area (Å²) in [4.78, 5) is 3.43. The third kappa shape index (κ3) is 1.77. The van der Waals surface area contributed by atoms with E-state index in [9.17, 15) is 8.78 Å². The summed E-state index contributed by atoms with van der Waals surface area (Å²) in [6.45, 7) is 0. The molecule has 0 saturated carbocycles. The van der Waals surface area contributed by atoms with Crippen molar-refractivity contribution in [3.63, 3.8) is 0 Å². The minimum absolute atomic E-state index is 0.0206. The van der Waals surface area contributed by atoms with Crippen molar-refractivity contribution in [2.45, 2.75) is 6.43 Å². The largest absolute Gasteiger partial charge is 0.280 e. The fourth-order valence-electron chi connectivity index (χ4n) is 0.657. The van der Waals surface area contributed by atoms with E-state index in [1.54, 1.807) is 6.07 Å². The van der Waals surface area contributed by atoms with E-state index in [-0.39, 0.29) is 11.4 Å². The van der Waals surface area contributed by atoms with Gasteiger partial charge in [-0.05, 0) is 28.1 Å². The van der Waals surface area contributed by atoms with E-state index in [1.165, 1.54) is 12.1 Å². The lowest BCUT2D eigenvalue weighted by molar-refractivity contribution is 0.146. The molecule has 0 fully saturated rings. The van der Waals surface area contributed by atoms with Gasteiger partial charge in [0.15, 0.2) is 5.69 Å². The number of alkyl halides is 2. The first-order valence-electron chi connectivity index (χ1n) is 3.00. The summed E-state index contributed by atoms with van der Waals surface area (Å²) in [5.74, 6) is 0. The molecule has 1 heterocycles. The zero-order valence-electron chi connectivity index (χ0n) is 5.76. The Bertz CT molecular complexity index is 333. The Balaban J connectivity index is 3.16. The first-order chi connectivity index (χ1) is 5.65. The summed E-state index contributed by atoms with van der Waals surface area (Å²) in [5, 5.41) is 8.44. The van der Waals surface area contributed by atoms with Crippen molar-refractivity contribution in [1.82, 2.24) is 4.98 Å². The van der Waals surface area contributed by atoms with E-state index in [2.05, 4.69) is 20.9 Å². The summed E-state index contributed by atoms with van der Waals surface area (Å²) in [6, 6.07) is 4.26. The smallest absolute Gasteiger partial charge is 0.235 e. The van der Waals surface area contributed by atoms with Crippen LogP contribution in [0.3, 0.4) is 0 Å². The molecule has 0 bridgehead atoms. The minimum Gasteiger partial charge on any atom is -0.235 e. The fourth-order valence-corrected chi connectivity index (χ4v) is 0.967. The molecule has 0 radical (unpaired) electrons. The van der Waals surface area contributed by atoms with Gasteiger partial charge in [-0.15, -0.1) is 0 Å². The number of hydrogen-bond donors (Lipinski definition) is 0. The molecule has 0 aromatic carbocycles. The second-order valence-electron chi connectivity index (χ2n) is 1.98. The number of halogens is 3. The van der Waals surface area contributed by atoms with Crippen LogP contribution in [0.5, 0.6) is 0 Å². The van der Waals surface area contributed by atoms with Gasteiger partial charge >= 0.3 is 0 Å². The molecule has 0 aliphatic carbocycles. The number of aromatic nitrogens is 1. The maximum Gasteiger partial charge on any atom is 0.280 e. The predicted molar refractivity (Wildman–Crippen MR) is 41.6 cm³/mol. The van der Waals surface area contributed by atoms with Gasteiger partial charge in [0.05, 0.1) is 4.47 Å². The van der Waals surface area contributed by atoms with Crippen LogP contribution < -0.4 is 0 Å². The average molecular weight is 233 g/mol. The van der Waals surface area contributed by atoms with Gasteiger partial charge in [-0.3, -0.25) is 0 Å².